The van der Waals surface area contributed by atoms with Crippen LogP contribution in [0.15, 0.2) is 0 Å². The fraction of sp³-hybridized carbons (Fsp3) is 1.00. The Hall–Kier alpha value is 0. The molecule has 0 aromatic rings. The van der Waals surface area contributed by atoms with E-state index in [1.807, 2.05) is 0 Å². The van der Waals surface area contributed by atoms with Crippen LogP contribution in [0, 0.1) is 94.2 Å². The highest BCUT2D eigenvalue weighted by molar-refractivity contribution is 5.10. The number of unbranched alkanes of at least 4 members (excludes halogenated alkanes) is 19. The van der Waals surface area contributed by atoms with Crippen molar-refractivity contribution >= 4 is 0 Å². The van der Waals surface area contributed by atoms with E-state index in [1.54, 1.807) is 19.3 Å². The Morgan fingerprint density at radius 3 is 1.40 bits per heavy atom. The fourth-order valence-corrected chi connectivity index (χ4v) is 15.2. The van der Waals surface area contributed by atoms with Gasteiger partial charge < -0.3 is 0 Å². The lowest BCUT2D eigenvalue weighted by molar-refractivity contribution is 0.190. The summed E-state index contributed by atoms with van der Waals surface area (Å²) in [5, 5.41) is 0. The zero-order valence-electron chi connectivity index (χ0n) is 53.9. The molecule has 13 unspecified atom stereocenters. The Balaban J connectivity index is 1.57. The number of rotatable bonds is 53. The predicted molar refractivity (Wildman–Crippen MR) is 334 cm³/mol. The second-order valence-electron chi connectivity index (χ2n) is 29.7. The van der Waals surface area contributed by atoms with Gasteiger partial charge >= 0.3 is 0 Å². The average Bonchev–Trinajstić information content (AvgIpc) is 3.93. The van der Waals surface area contributed by atoms with Crippen LogP contribution in [0.2, 0.25) is 0 Å². The minimum atomic E-state index is 0.553. The monoisotopic (exact) mass is 1020 g/mol. The third-order valence-electron chi connectivity index (χ3n) is 21.5. The molecular weight excluding hydrogens is 877 g/mol. The van der Waals surface area contributed by atoms with Crippen molar-refractivity contribution < 1.29 is 0 Å². The molecule has 0 N–H and O–H groups in total. The molecule has 0 radical (unpaired) electrons. The van der Waals surface area contributed by atoms with Crippen molar-refractivity contribution in [2.24, 2.45) is 94.2 Å². The van der Waals surface area contributed by atoms with Gasteiger partial charge in [-0.05, 0) is 133 Å². The molecule has 2 fully saturated rings. The predicted octanol–water partition coefficient (Wildman–Crippen LogP) is 25.9. The van der Waals surface area contributed by atoms with Crippen molar-refractivity contribution in [2.45, 2.75) is 374 Å². The third-order valence-corrected chi connectivity index (χ3v) is 21.5. The number of hydrogen-bond acceptors (Lipinski definition) is 0. The summed E-state index contributed by atoms with van der Waals surface area (Å²) in [4.78, 5) is 0. The second-order valence-corrected chi connectivity index (χ2v) is 29.7. The van der Waals surface area contributed by atoms with E-state index >= 15 is 0 Å². The van der Waals surface area contributed by atoms with Gasteiger partial charge in [0.05, 0.1) is 0 Å². The molecule has 0 heteroatoms. The van der Waals surface area contributed by atoms with Gasteiger partial charge in [-0.2, -0.15) is 0 Å². The smallest absolute Gasteiger partial charge is 0.0323 e. The molecule has 0 heterocycles. The highest BCUT2D eigenvalue weighted by atomic mass is 14.7. The van der Waals surface area contributed by atoms with Crippen LogP contribution in [0.25, 0.3) is 0 Å². The number of hydrogen-bond donors (Lipinski definition) is 0. The largest absolute Gasteiger partial charge is 0.0654 e. The SMILES string of the molecule is CCCCC1CC2C(CC(CCC)CCCCCCC(C)CCC(CC(C)CCC(C)C)C(CC)CCCCCC(C)C(C)C(C)C(C)CCCCCCCCCCCCCCCCC(C)(C)CCC(C)C)C12. The molecule has 0 amide bonds. The Morgan fingerprint density at radius 2 is 0.877 bits per heavy atom. The molecule has 13 atom stereocenters. The molecule has 0 aromatic heterocycles. The normalized spacial score (nSPS) is 21.7. The first-order valence-corrected chi connectivity index (χ1v) is 35.0. The molecule has 0 aliphatic heterocycles. The standard InChI is InChI=1S/C73H144/c1-16-19-46-69-57-71-70(72(69)71)56-66(41-17-2)45-38-32-31-35-42-60(8)50-51-68(55-61(9)49-48-58(4)5)67(18-3)47-39-34-37-44-63(11)65(13)64(12)62(10)43-36-30-28-26-24-22-20-21-23-25-27-29-33-40-53-73(14,15)54-52-59(6)7/h58-72H,16-57H2,1-15H3. The minimum absolute atomic E-state index is 0.553. The van der Waals surface area contributed by atoms with Gasteiger partial charge in [-0.1, -0.05) is 335 Å². The van der Waals surface area contributed by atoms with Crippen LogP contribution >= 0.6 is 0 Å². The average molecular weight is 1020 g/mol. The van der Waals surface area contributed by atoms with Gasteiger partial charge in [0.2, 0.25) is 0 Å². The van der Waals surface area contributed by atoms with Crippen LogP contribution in [0.1, 0.15) is 374 Å². The van der Waals surface area contributed by atoms with Gasteiger partial charge in [0, 0.05) is 0 Å². The van der Waals surface area contributed by atoms with Crippen LogP contribution in [-0.2, 0) is 0 Å². The first kappa shape index (κ1) is 69.1. The van der Waals surface area contributed by atoms with Crippen LogP contribution in [0.4, 0.5) is 0 Å². The van der Waals surface area contributed by atoms with Crippen LogP contribution in [0.3, 0.4) is 0 Å². The van der Waals surface area contributed by atoms with Crippen molar-refractivity contribution in [1.29, 1.82) is 0 Å². The second kappa shape index (κ2) is 42.0. The molecule has 73 heavy (non-hydrogen) atoms. The summed E-state index contributed by atoms with van der Waals surface area (Å²) >= 11 is 0. The lowest BCUT2D eigenvalue weighted by Crippen LogP contribution is -2.22. The molecule has 0 aromatic carbocycles. The minimum Gasteiger partial charge on any atom is -0.0654 e. The highest BCUT2D eigenvalue weighted by Crippen LogP contribution is 2.68. The van der Waals surface area contributed by atoms with Gasteiger partial charge in [0.25, 0.3) is 0 Å². The van der Waals surface area contributed by atoms with Gasteiger partial charge in [0.15, 0.2) is 0 Å². The molecule has 2 saturated carbocycles. The van der Waals surface area contributed by atoms with Crippen LogP contribution < -0.4 is 0 Å². The summed E-state index contributed by atoms with van der Waals surface area (Å²) in [5.41, 5.74) is 0.553. The topological polar surface area (TPSA) is 0 Å². The fourth-order valence-electron chi connectivity index (χ4n) is 15.2. The maximum atomic E-state index is 2.61. The Bertz CT molecular complexity index is 1210. The van der Waals surface area contributed by atoms with E-state index in [0.29, 0.717) is 5.41 Å². The Kier molecular flexibility index (Phi) is 39.7. The van der Waals surface area contributed by atoms with E-state index < -0.39 is 0 Å². The summed E-state index contributed by atoms with van der Waals surface area (Å²) in [6.07, 6.45) is 61.7. The van der Waals surface area contributed by atoms with Crippen molar-refractivity contribution in [1.82, 2.24) is 0 Å². The molecule has 2 aliphatic carbocycles. The van der Waals surface area contributed by atoms with Crippen LogP contribution in [0.5, 0.6) is 0 Å². The van der Waals surface area contributed by atoms with E-state index in [4.69, 9.17) is 0 Å². The zero-order valence-corrected chi connectivity index (χ0v) is 53.9. The van der Waals surface area contributed by atoms with Crippen molar-refractivity contribution in [3.8, 4) is 0 Å². The van der Waals surface area contributed by atoms with Crippen molar-refractivity contribution in [2.75, 3.05) is 0 Å². The van der Waals surface area contributed by atoms with Crippen molar-refractivity contribution in [3.05, 3.63) is 0 Å². The summed E-state index contributed by atoms with van der Waals surface area (Å²) in [5.74, 6) is 14.4. The molecule has 2 rings (SSSR count). The number of fused-ring (bicyclic) bond motifs is 1. The molecule has 436 valence electrons. The van der Waals surface area contributed by atoms with Gasteiger partial charge in [-0.25, -0.2) is 0 Å². The van der Waals surface area contributed by atoms with Gasteiger partial charge in [-0.15, -0.1) is 0 Å². The van der Waals surface area contributed by atoms with E-state index in [0.717, 1.165) is 82.9 Å². The van der Waals surface area contributed by atoms with Gasteiger partial charge in [0.1, 0.15) is 0 Å². The molecule has 0 saturated heterocycles. The highest BCUT2D eigenvalue weighted by Gasteiger charge is 2.61. The summed E-state index contributed by atoms with van der Waals surface area (Å²) in [6, 6.07) is 0. The quantitative estimate of drug-likeness (QED) is 0.0533. The van der Waals surface area contributed by atoms with E-state index in [-0.39, 0.29) is 0 Å². The molecule has 0 spiro atoms. The summed E-state index contributed by atoms with van der Waals surface area (Å²) in [7, 11) is 0. The summed E-state index contributed by atoms with van der Waals surface area (Å²) in [6.45, 7) is 37.5. The maximum absolute atomic E-state index is 2.61. The van der Waals surface area contributed by atoms with Crippen LogP contribution in [-0.4, -0.2) is 0 Å². The molecule has 0 nitrogen and oxygen atoms in total. The van der Waals surface area contributed by atoms with E-state index in [9.17, 15) is 0 Å². The lowest BCUT2D eigenvalue weighted by Gasteiger charge is -2.31. The first-order chi connectivity index (χ1) is 35.0. The molecule has 2 aliphatic rings. The van der Waals surface area contributed by atoms with E-state index in [1.165, 1.54) is 256 Å². The van der Waals surface area contributed by atoms with Gasteiger partial charge in [-0.3, -0.25) is 0 Å². The first-order valence-electron chi connectivity index (χ1n) is 35.0. The molecule has 0 bridgehead atoms. The third kappa shape index (κ3) is 32.6. The zero-order chi connectivity index (χ0) is 53.9. The Labute approximate surface area is 465 Å². The molecular formula is C73H144. The van der Waals surface area contributed by atoms with Crippen molar-refractivity contribution in [3.63, 3.8) is 0 Å². The maximum Gasteiger partial charge on any atom is -0.0323 e. The van der Waals surface area contributed by atoms with E-state index in [2.05, 4.69) is 104 Å². The summed E-state index contributed by atoms with van der Waals surface area (Å²) < 4.78 is 0. The lowest BCUT2D eigenvalue weighted by atomic mass is 9.74. The Morgan fingerprint density at radius 1 is 0.397 bits per heavy atom.